The molecule has 0 radical (unpaired) electrons. The minimum absolute atomic E-state index is 0.00934. The van der Waals surface area contributed by atoms with E-state index in [1.54, 1.807) is 16.7 Å². The molecule has 2 heterocycles. The average molecular weight is 451 g/mol. The third kappa shape index (κ3) is 5.07. The summed E-state index contributed by atoms with van der Waals surface area (Å²) in [5.74, 6) is -1.05. The molecule has 8 nitrogen and oxygen atoms in total. The molecule has 0 aliphatic rings. The summed E-state index contributed by atoms with van der Waals surface area (Å²) < 4.78 is 25.4. The molecule has 0 bridgehead atoms. The highest BCUT2D eigenvalue weighted by atomic mass is 32.2. The van der Waals surface area contributed by atoms with Crippen LogP contribution in [0.5, 0.6) is 0 Å². The van der Waals surface area contributed by atoms with Crippen molar-refractivity contribution in [3.05, 3.63) is 57.7 Å². The molecular formula is C18H18N4O4S3. The van der Waals surface area contributed by atoms with Crippen molar-refractivity contribution in [2.24, 2.45) is 0 Å². The molecule has 0 unspecified atom stereocenters. The lowest BCUT2D eigenvalue weighted by atomic mass is 10.2. The van der Waals surface area contributed by atoms with E-state index in [1.807, 2.05) is 16.8 Å². The van der Waals surface area contributed by atoms with E-state index < -0.39 is 21.8 Å². The van der Waals surface area contributed by atoms with Gasteiger partial charge in [-0.1, -0.05) is 6.07 Å². The third-order valence-electron chi connectivity index (χ3n) is 3.85. The van der Waals surface area contributed by atoms with Gasteiger partial charge in [0.15, 0.2) is 0 Å². The van der Waals surface area contributed by atoms with Crippen LogP contribution in [0.4, 0.5) is 0 Å². The smallest absolute Gasteiger partial charge is 0.269 e. The number of aromatic nitrogens is 1. The van der Waals surface area contributed by atoms with E-state index in [-0.39, 0.29) is 16.9 Å². The van der Waals surface area contributed by atoms with Gasteiger partial charge in [0.2, 0.25) is 15.9 Å². The van der Waals surface area contributed by atoms with Crippen molar-refractivity contribution in [3.8, 4) is 10.6 Å². The number of rotatable bonds is 6. The molecule has 0 spiro atoms. The first-order valence-corrected chi connectivity index (χ1v) is 11.6. The van der Waals surface area contributed by atoms with Crippen LogP contribution in [0.1, 0.15) is 16.1 Å². The zero-order valence-electron chi connectivity index (χ0n) is 15.6. The van der Waals surface area contributed by atoms with Gasteiger partial charge in [0, 0.05) is 36.0 Å². The number of carbonyl (C=O) groups excluding carboxylic acids is 2. The number of nitrogens with one attached hydrogen (secondary N) is 2. The molecular weight excluding hydrogens is 432 g/mol. The first-order chi connectivity index (χ1) is 13.8. The summed E-state index contributed by atoms with van der Waals surface area (Å²) in [6.45, 7) is 0. The Balaban J connectivity index is 1.59. The SMILES string of the molecule is CN(C)S(=O)(=O)c1cccc(C(=O)NNC(=O)Cc2csc(-c3ccsc3)n2)c1. The Morgan fingerprint density at radius 1 is 1.14 bits per heavy atom. The maximum atomic E-state index is 12.3. The number of hydrazine groups is 1. The van der Waals surface area contributed by atoms with Crippen LogP contribution in [-0.2, 0) is 21.2 Å². The first kappa shape index (κ1) is 21.1. The molecule has 0 saturated heterocycles. The van der Waals surface area contributed by atoms with Crippen LogP contribution >= 0.6 is 22.7 Å². The van der Waals surface area contributed by atoms with Gasteiger partial charge >= 0.3 is 0 Å². The maximum Gasteiger partial charge on any atom is 0.269 e. The quantitative estimate of drug-likeness (QED) is 0.559. The van der Waals surface area contributed by atoms with Crippen LogP contribution in [0.25, 0.3) is 10.6 Å². The van der Waals surface area contributed by atoms with Crippen molar-refractivity contribution in [3.63, 3.8) is 0 Å². The number of thiazole rings is 1. The number of hydrogen-bond acceptors (Lipinski definition) is 7. The standard InChI is InChI=1S/C18H18N4O4S3/c1-22(2)29(25,26)15-5-3-4-12(8-15)17(24)21-20-16(23)9-14-11-28-18(19-14)13-6-7-27-10-13/h3-8,10-11H,9H2,1-2H3,(H,20,23)(H,21,24). The molecule has 29 heavy (non-hydrogen) atoms. The minimum atomic E-state index is -3.66. The van der Waals surface area contributed by atoms with Crippen molar-refractivity contribution in [2.75, 3.05) is 14.1 Å². The van der Waals surface area contributed by atoms with Crippen molar-refractivity contribution in [1.82, 2.24) is 20.1 Å². The van der Waals surface area contributed by atoms with Gasteiger partial charge in [-0.2, -0.15) is 11.3 Å². The number of carbonyl (C=O) groups is 2. The fourth-order valence-electron chi connectivity index (χ4n) is 2.32. The van der Waals surface area contributed by atoms with Gasteiger partial charge < -0.3 is 0 Å². The van der Waals surface area contributed by atoms with Crippen molar-refractivity contribution < 1.29 is 18.0 Å². The van der Waals surface area contributed by atoms with Gasteiger partial charge in [-0.3, -0.25) is 20.4 Å². The Morgan fingerprint density at radius 3 is 2.62 bits per heavy atom. The number of nitrogens with zero attached hydrogens (tertiary/aromatic N) is 2. The molecule has 3 rings (SSSR count). The first-order valence-electron chi connectivity index (χ1n) is 8.36. The highest BCUT2D eigenvalue weighted by Gasteiger charge is 2.19. The van der Waals surface area contributed by atoms with Crippen molar-refractivity contribution >= 4 is 44.5 Å². The van der Waals surface area contributed by atoms with Crippen LogP contribution in [-0.4, -0.2) is 43.6 Å². The summed E-state index contributed by atoms with van der Waals surface area (Å²) in [4.78, 5) is 28.8. The summed E-state index contributed by atoms with van der Waals surface area (Å²) in [6, 6.07) is 7.54. The minimum Gasteiger partial charge on any atom is -0.273 e. The summed E-state index contributed by atoms with van der Waals surface area (Å²) in [6.07, 6.45) is 0.00989. The Morgan fingerprint density at radius 2 is 1.93 bits per heavy atom. The van der Waals surface area contributed by atoms with Gasteiger partial charge in [0.05, 0.1) is 17.0 Å². The maximum absolute atomic E-state index is 12.3. The van der Waals surface area contributed by atoms with Crippen LogP contribution in [0.15, 0.2) is 51.4 Å². The molecule has 2 amide bonds. The molecule has 0 aliphatic carbocycles. The zero-order chi connectivity index (χ0) is 21.0. The third-order valence-corrected chi connectivity index (χ3v) is 7.29. The number of hydrogen-bond donors (Lipinski definition) is 2. The molecule has 3 aromatic rings. The largest absolute Gasteiger partial charge is 0.273 e. The van der Waals surface area contributed by atoms with Gasteiger partial charge in [0.25, 0.3) is 5.91 Å². The van der Waals surface area contributed by atoms with Crippen molar-refractivity contribution in [1.29, 1.82) is 0 Å². The Labute approximate surface area is 176 Å². The Kier molecular flexibility index (Phi) is 6.42. The van der Waals surface area contributed by atoms with E-state index in [2.05, 4.69) is 15.8 Å². The monoisotopic (exact) mass is 450 g/mol. The fraction of sp³-hybridized carbons (Fsp3) is 0.167. The second-order valence-corrected chi connectivity index (χ2v) is 9.94. The predicted molar refractivity (Wildman–Crippen MR) is 112 cm³/mol. The van der Waals surface area contributed by atoms with E-state index in [4.69, 9.17) is 0 Å². The number of amides is 2. The van der Waals surface area contributed by atoms with E-state index in [1.165, 1.54) is 49.7 Å². The second-order valence-electron chi connectivity index (χ2n) is 6.15. The van der Waals surface area contributed by atoms with E-state index in [0.29, 0.717) is 5.69 Å². The molecule has 0 atom stereocenters. The molecule has 0 saturated carbocycles. The van der Waals surface area contributed by atoms with Gasteiger partial charge in [-0.15, -0.1) is 11.3 Å². The molecule has 0 aliphatic heterocycles. The lowest BCUT2D eigenvalue weighted by molar-refractivity contribution is -0.121. The van der Waals surface area contributed by atoms with Crippen LogP contribution in [0.3, 0.4) is 0 Å². The van der Waals surface area contributed by atoms with Crippen LogP contribution < -0.4 is 10.9 Å². The van der Waals surface area contributed by atoms with Crippen LogP contribution in [0, 0.1) is 0 Å². The van der Waals surface area contributed by atoms with E-state index in [9.17, 15) is 18.0 Å². The molecule has 2 aromatic heterocycles. The summed E-state index contributed by atoms with van der Waals surface area (Å²) >= 11 is 3.01. The predicted octanol–water partition coefficient (Wildman–Crippen LogP) is 2.13. The average Bonchev–Trinajstić information content (AvgIpc) is 3.37. The van der Waals surface area contributed by atoms with Gasteiger partial charge in [0.1, 0.15) is 5.01 Å². The van der Waals surface area contributed by atoms with Crippen LogP contribution in [0.2, 0.25) is 0 Å². The summed E-state index contributed by atoms with van der Waals surface area (Å²) in [5.41, 5.74) is 6.33. The van der Waals surface area contributed by atoms with Gasteiger partial charge in [-0.25, -0.2) is 17.7 Å². The molecule has 152 valence electrons. The fourth-order valence-corrected chi connectivity index (χ4v) is 4.80. The summed E-state index contributed by atoms with van der Waals surface area (Å²) in [7, 11) is -0.847. The van der Waals surface area contributed by atoms with E-state index in [0.717, 1.165) is 14.9 Å². The highest BCUT2D eigenvalue weighted by molar-refractivity contribution is 7.89. The normalized spacial score (nSPS) is 11.4. The van der Waals surface area contributed by atoms with Crippen molar-refractivity contribution in [2.45, 2.75) is 11.3 Å². The molecule has 11 heteroatoms. The Bertz CT molecular complexity index is 1120. The molecule has 1 aromatic carbocycles. The lowest BCUT2D eigenvalue weighted by Crippen LogP contribution is -2.42. The number of benzene rings is 1. The molecule has 0 fully saturated rings. The Hall–Kier alpha value is -2.60. The lowest BCUT2D eigenvalue weighted by Gasteiger charge is -2.12. The second kappa shape index (κ2) is 8.82. The number of sulfonamides is 1. The summed E-state index contributed by atoms with van der Waals surface area (Å²) in [5, 5.41) is 6.56. The zero-order valence-corrected chi connectivity index (χ0v) is 18.0. The number of thiophene rings is 1. The topological polar surface area (TPSA) is 108 Å². The van der Waals surface area contributed by atoms with E-state index >= 15 is 0 Å². The highest BCUT2D eigenvalue weighted by Crippen LogP contribution is 2.25. The molecule has 2 N–H and O–H groups in total. The van der Waals surface area contributed by atoms with Gasteiger partial charge in [-0.05, 0) is 29.6 Å².